The molecule has 1 saturated carbocycles. The van der Waals surface area contributed by atoms with Crippen LogP contribution in [0.5, 0.6) is 0 Å². The normalized spacial score (nSPS) is 25.6. The first-order chi connectivity index (χ1) is 10.4. The lowest BCUT2D eigenvalue weighted by Gasteiger charge is -2.04. The highest BCUT2D eigenvalue weighted by Gasteiger charge is 2.57. The molecule has 5 rings (SSSR count). The largest absolute Gasteiger partial charge is 0.274 e. The molecule has 0 amide bonds. The van der Waals surface area contributed by atoms with E-state index in [2.05, 4.69) is 61.2 Å². The standard InChI is InChI=1S/C15H14N6/c1-2-4-8(5-3-1)6-9-10-7-11-13(12(9)10)16-17-14(11)15-18-20-21-19-15/h1-5,9-10,12H,6-7H2,(H,16,17)(H,18,19,20,21)/t9?,10-,12+/m0/s1. The molecule has 104 valence electrons. The number of aromatic amines is 2. The lowest BCUT2D eigenvalue weighted by Crippen LogP contribution is -1.97. The minimum Gasteiger partial charge on any atom is -0.274 e. The summed E-state index contributed by atoms with van der Waals surface area (Å²) in [7, 11) is 0. The van der Waals surface area contributed by atoms with Crippen molar-refractivity contribution in [2.75, 3.05) is 0 Å². The lowest BCUT2D eigenvalue weighted by atomic mass is 10.0. The second-order valence-corrected chi connectivity index (χ2v) is 5.95. The molecule has 6 nitrogen and oxygen atoms in total. The first-order valence-corrected chi connectivity index (χ1v) is 7.26. The third kappa shape index (κ3) is 1.59. The van der Waals surface area contributed by atoms with E-state index in [4.69, 9.17) is 0 Å². The zero-order valence-electron chi connectivity index (χ0n) is 11.3. The van der Waals surface area contributed by atoms with E-state index in [1.165, 1.54) is 16.8 Å². The third-order valence-electron chi connectivity index (χ3n) is 4.87. The fourth-order valence-electron chi connectivity index (χ4n) is 3.84. The molecule has 1 aromatic carbocycles. The van der Waals surface area contributed by atoms with Gasteiger partial charge >= 0.3 is 0 Å². The van der Waals surface area contributed by atoms with Crippen molar-refractivity contribution in [2.45, 2.75) is 18.8 Å². The van der Waals surface area contributed by atoms with Gasteiger partial charge in [0.25, 0.3) is 0 Å². The Balaban J connectivity index is 1.41. The van der Waals surface area contributed by atoms with E-state index in [0.29, 0.717) is 11.7 Å². The minimum atomic E-state index is 0.608. The van der Waals surface area contributed by atoms with Crippen molar-refractivity contribution in [3.63, 3.8) is 0 Å². The molecule has 2 heterocycles. The maximum Gasteiger partial charge on any atom is 0.222 e. The molecule has 1 fully saturated rings. The highest BCUT2D eigenvalue weighted by atomic mass is 15.5. The SMILES string of the molecule is c1ccc(CC2[C@H]3c4n[nH]c(-c5nn[nH]n5)c4C[C@@H]23)cc1. The predicted octanol–water partition coefficient (Wildman–Crippen LogP) is 1.72. The van der Waals surface area contributed by atoms with Crippen molar-refractivity contribution < 1.29 is 0 Å². The van der Waals surface area contributed by atoms with Gasteiger partial charge in [0.2, 0.25) is 5.82 Å². The van der Waals surface area contributed by atoms with Crippen molar-refractivity contribution >= 4 is 0 Å². The van der Waals surface area contributed by atoms with Gasteiger partial charge in [-0.2, -0.15) is 10.3 Å². The summed E-state index contributed by atoms with van der Waals surface area (Å²) in [6, 6.07) is 10.7. The molecule has 3 aromatic rings. The molecule has 2 N–H and O–H groups in total. The molecular weight excluding hydrogens is 264 g/mol. The van der Waals surface area contributed by atoms with Crippen LogP contribution in [0.1, 0.15) is 22.7 Å². The fraction of sp³-hybridized carbons (Fsp3) is 0.333. The number of tetrazole rings is 1. The summed E-state index contributed by atoms with van der Waals surface area (Å²) < 4.78 is 0. The van der Waals surface area contributed by atoms with Gasteiger partial charge in [-0.1, -0.05) is 30.3 Å². The van der Waals surface area contributed by atoms with Crippen molar-refractivity contribution in [3.8, 4) is 11.5 Å². The number of nitrogens with zero attached hydrogens (tertiary/aromatic N) is 4. The summed E-state index contributed by atoms with van der Waals surface area (Å²) in [4.78, 5) is 0. The second-order valence-electron chi connectivity index (χ2n) is 5.95. The van der Waals surface area contributed by atoms with Gasteiger partial charge in [-0.3, -0.25) is 5.10 Å². The molecule has 0 bridgehead atoms. The number of benzene rings is 1. The van der Waals surface area contributed by atoms with E-state index in [1.807, 2.05) is 0 Å². The Hall–Kier alpha value is -2.50. The molecule has 0 radical (unpaired) electrons. The number of nitrogens with one attached hydrogen (secondary N) is 2. The molecular formula is C15H14N6. The maximum atomic E-state index is 4.52. The van der Waals surface area contributed by atoms with Crippen LogP contribution < -0.4 is 0 Å². The number of fused-ring (bicyclic) bond motifs is 3. The number of rotatable bonds is 3. The average Bonchev–Trinajstić information content (AvgIpc) is 2.99. The molecule has 21 heavy (non-hydrogen) atoms. The molecule has 2 aromatic heterocycles. The molecule has 0 aliphatic heterocycles. The summed E-state index contributed by atoms with van der Waals surface area (Å²) in [6.07, 6.45) is 2.23. The summed E-state index contributed by atoms with van der Waals surface area (Å²) in [5, 5.41) is 21.8. The smallest absolute Gasteiger partial charge is 0.222 e. The van der Waals surface area contributed by atoms with Gasteiger partial charge in [0, 0.05) is 11.5 Å². The van der Waals surface area contributed by atoms with E-state index in [9.17, 15) is 0 Å². The van der Waals surface area contributed by atoms with E-state index in [0.717, 1.165) is 30.4 Å². The summed E-state index contributed by atoms with van der Waals surface area (Å²) >= 11 is 0. The van der Waals surface area contributed by atoms with Crippen LogP contribution in [-0.2, 0) is 12.8 Å². The lowest BCUT2D eigenvalue weighted by molar-refractivity contribution is 0.688. The first kappa shape index (κ1) is 11.2. The van der Waals surface area contributed by atoms with E-state index < -0.39 is 0 Å². The van der Waals surface area contributed by atoms with Gasteiger partial charge in [0.15, 0.2) is 0 Å². The van der Waals surface area contributed by atoms with Crippen LogP contribution in [0.2, 0.25) is 0 Å². The van der Waals surface area contributed by atoms with E-state index >= 15 is 0 Å². The van der Waals surface area contributed by atoms with Crippen LogP contribution in [0.25, 0.3) is 11.5 Å². The second kappa shape index (κ2) is 4.00. The van der Waals surface area contributed by atoms with Gasteiger partial charge in [0.1, 0.15) is 5.69 Å². The van der Waals surface area contributed by atoms with Gasteiger partial charge in [-0.25, -0.2) is 0 Å². The zero-order chi connectivity index (χ0) is 13.8. The average molecular weight is 278 g/mol. The van der Waals surface area contributed by atoms with Crippen LogP contribution in [0.15, 0.2) is 30.3 Å². The predicted molar refractivity (Wildman–Crippen MR) is 75.3 cm³/mol. The molecule has 2 aliphatic carbocycles. The van der Waals surface area contributed by atoms with Crippen molar-refractivity contribution in [1.29, 1.82) is 0 Å². The molecule has 0 spiro atoms. The van der Waals surface area contributed by atoms with Gasteiger partial charge in [0.05, 0.1) is 5.69 Å². The molecule has 3 atom stereocenters. The highest BCUT2D eigenvalue weighted by Crippen LogP contribution is 2.62. The Morgan fingerprint density at radius 1 is 1.14 bits per heavy atom. The highest BCUT2D eigenvalue weighted by molar-refractivity contribution is 5.59. The fourth-order valence-corrected chi connectivity index (χ4v) is 3.84. The Labute approximate surface area is 121 Å². The Morgan fingerprint density at radius 2 is 2.05 bits per heavy atom. The van der Waals surface area contributed by atoms with Gasteiger partial charge in [-0.05, 0) is 35.5 Å². The molecule has 2 aliphatic rings. The topological polar surface area (TPSA) is 83.1 Å². The first-order valence-electron chi connectivity index (χ1n) is 7.26. The van der Waals surface area contributed by atoms with Crippen molar-refractivity contribution in [2.24, 2.45) is 11.8 Å². The number of hydrogen-bond donors (Lipinski definition) is 2. The monoisotopic (exact) mass is 278 g/mol. The van der Waals surface area contributed by atoms with Crippen LogP contribution in [0.4, 0.5) is 0 Å². The number of H-pyrrole nitrogens is 2. The van der Waals surface area contributed by atoms with Crippen LogP contribution in [0.3, 0.4) is 0 Å². The van der Waals surface area contributed by atoms with Gasteiger partial charge in [-0.15, -0.1) is 10.2 Å². The Kier molecular flexibility index (Phi) is 2.13. The summed E-state index contributed by atoms with van der Waals surface area (Å²) in [5.74, 6) is 2.70. The third-order valence-corrected chi connectivity index (χ3v) is 4.87. The number of aromatic nitrogens is 6. The Morgan fingerprint density at radius 3 is 2.86 bits per heavy atom. The van der Waals surface area contributed by atoms with Crippen LogP contribution >= 0.6 is 0 Å². The van der Waals surface area contributed by atoms with Crippen LogP contribution in [-0.4, -0.2) is 30.8 Å². The zero-order valence-corrected chi connectivity index (χ0v) is 11.3. The van der Waals surface area contributed by atoms with Crippen molar-refractivity contribution in [1.82, 2.24) is 30.8 Å². The Bertz CT molecular complexity index is 776. The quantitative estimate of drug-likeness (QED) is 0.764. The molecule has 6 heteroatoms. The summed E-state index contributed by atoms with van der Waals surface area (Å²) in [6.45, 7) is 0. The molecule has 0 saturated heterocycles. The maximum absolute atomic E-state index is 4.52. The van der Waals surface area contributed by atoms with Crippen molar-refractivity contribution in [3.05, 3.63) is 47.2 Å². The minimum absolute atomic E-state index is 0.608. The van der Waals surface area contributed by atoms with Gasteiger partial charge < -0.3 is 0 Å². The number of hydrogen-bond acceptors (Lipinski definition) is 4. The van der Waals surface area contributed by atoms with Crippen LogP contribution in [0, 0.1) is 11.8 Å². The summed E-state index contributed by atoms with van der Waals surface area (Å²) in [5.41, 5.74) is 4.87. The molecule has 1 unspecified atom stereocenters. The van der Waals surface area contributed by atoms with E-state index in [1.54, 1.807) is 0 Å². The van der Waals surface area contributed by atoms with E-state index in [-0.39, 0.29) is 0 Å².